The molecule has 0 aromatic carbocycles. The van der Waals surface area contributed by atoms with E-state index in [0.717, 1.165) is 44.6 Å². The first-order chi connectivity index (χ1) is 15.9. The molecule has 0 aliphatic heterocycles. The number of hydrogen-bond donors (Lipinski definition) is 2. The number of alkyl halides is 3. The maximum absolute atomic E-state index is 13.2. The molecule has 2 nitrogen and oxygen atoms in total. The van der Waals surface area contributed by atoms with E-state index in [1.807, 2.05) is 6.92 Å². The lowest BCUT2D eigenvalue weighted by Crippen LogP contribution is -2.52. The van der Waals surface area contributed by atoms with Gasteiger partial charge in [-0.2, -0.15) is 13.2 Å². The van der Waals surface area contributed by atoms with Crippen LogP contribution in [-0.2, 0) is 0 Å². The normalized spacial score (nSPS) is 48.8. The van der Waals surface area contributed by atoms with Gasteiger partial charge in [0.25, 0.3) is 0 Å². The zero-order valence-corrected chi connectivity index (χ0v) is 20.1. The first kappa shape index (κ1) is 20.8. The molecule has 0 amide bonds. The van der Waals surface area contributed by atoms with Crippen LogP contribution in [-0.4, -0.2) is 27.6 Å². The highest BCUT2D eigenvalue weighted by atomic mass is 19.4. The van der Waals surface area contributed by atoms with Crippen LogP contribution < -0.4 is 0 Å². The lowest BCUT2D eigenvalue weighted by atomic mass is 9.46. The molecule has 4 rings (SSSR count). The summed E-state index contributed by atoms with van der Waals surface area (Å²) >= 11 is 0. The maximum Gasteiger partial charge on any atom is 0.416 e. The third-order valence-electron chi connectivity index (χ3n) is 10.4. The van der Waals surface area contributed by atoms with E-state index in [9.17, 15) is 23.4 Å². The fourth-order valence-corrected chi connectivity index (χ4v) is 8.29. The van der Waals surface area contributed by atoms with Gasteiger partial charge in [0.15, 0.2) is 5.60 Å². The summed E-state index contributed by atoms with van der Waals surface area (Å²) in [6, 6.07) is 0. The molecule has 3 unspecified atom stereocenters. The Hall–Kier alpha value is -0.550. The summed E-state index contributed by atoms with van der Waals surface area (Å²) in [5.74, 6) is 1.02. The molecule has 0 saturated heterocycles. The zero-order chi connectivity index (χ0) is 26.2. The van der Waals surface area contributed by atoms with Gasteiger partial charge in [-0.3, -0.25) is 0 Å². The second kappa shape index (κ2) is 7.73. The molecule has 0 aromatic rings. The van der Waals surface area contributed by atoms with E-state index in [1.165, 1.54) is 0 Å². The maximum atomic E-state index is 13.2. The fourth-order valence-electron chi connectivity index (χ4n) is 8.29. The van der Waals surface area contributed by atoms with E-state index < -0.39 is 29.6 Å². The average Bonchev–Trinajstić information content (AvgIpc) is 3.06. The summed E-state index contributed by atoms with van der Waals surface area (Å²) in [5, 5.41) is 20.7. The van der Waals surface area contributed by atoms with E-state index in [1.54, 1.807) is 6.92 Å². The molecule has 4 aliphatic rings. The highest BCUT2D eigenvalue weighted by Crippen LogP contribution is 2.67. The Morgan fingerprint density at radius 1 is 1.16 bits per heavy atom. The van der Waals surface area contributed by atoms with E-state index in [4.69, 9.17) is 4.11 Å². The largest absolute Gasteiger partial charge is 0.416 e. The summed E-state index contributed by atoms with van der Waals surface area (Å²) in [6.45, 7) is 4.87. The Morgan fingerprint density at radius 3 is 2.53 bits per heavy atom. The van der Waals surface area contributed by atoms with Crippen molar-refractivity contribution in [3.63, 3.8) is 0 Å². The Balaban J connectivity index is 1.57. The van der Waals surface area contributed by atoms with E-state index in [-0.39, 0.29) is 35.5 Å². The van der Waals surface area contributed by atoms with Crippen molar-refractivity contribution in [1.82, 2.24) is 0 Å². The molecule has 0 spiro atoms. The van der Waals surface area contributed by atoms with Gasteiger partial charge in [0.2, 0.25) is 0 Å². The Labute approximate surface area is 196 Å². The van der Waals surface area contributed by atoms with Gasteiger partial charge >= 0.3 is 6.18 Å². The summed E-state index contributed by atoms with van der Waals surface area (Å²) in [6.07, 6.45) is 3.41. The fraction of sp³-hybridized carbons (Fsp3) is 0.926. The van der Waals surface area contributed by atoms with Crippen LogP contribution >= 0.6 is 0 Å². The predicted molar refractivity (Wildman–Crippen MR) is 121 cm³/mol. The SMILES string of the molecule is [2H]C([2H])([2H])[C@]12CC[C@](C)(O)CC1=CCC1C3CC[C@H]([C@H](C)CC[C@](C)(O)C(F)(F)F)[C@@]3(C)CCC12. The number of hydrogen-bond acceptors (Lipinski definition) is 2. The number of fused-ring (bicyclic) bond motifs is 5. The van der Waals surface area contributed by atoms with Crippen LogP contribution in [0, 0.1) is 40.4 Å². The van der Waals surface area contributed by atoms with Crippen LogP contribution in [0.15, 0.2) is 11.6 Å². The third kappa shape index (κ3) is 3.87. The van der Waals surface area contributed by atoms with Crippen LogP contribution in [0.1, 0.15) is 103 Å². The number of aliphatic hydroxyl groups is 2. The molecule has 0 radical (unpaired) electrons. The first-order valence-corrected chi connectivity index (χ1v) is 12.6. The quantitative estimate of drug-likeness (QED) is 0.442. The van der Waals surface area contributed by atoms with E-state index in [0.29, 0.717) is 31.6 Å². The van der Waals surface area contributed by atoms with Crippen molar-refractivity contribution < 1.29 is 27.5 Å². The molecule has 0 aromatic heterocycles. The molecule has 5 heteroatoms. The number of halogens is 3. The lowest BCUT2D eigenvalue weighted by Gasteiger charge is -2.59. The molecule has 4 aliphatic carbocycles. The van der Waals surface area contributed by atoms with Crippen molar-refractivity contribution >= 4 is 0 Å². The summed E-state index contributed by atoms with van der Waals surface area (Å²) in [4.78, 5) is 0. The molecule has 9 atom stereocenters. The van der Waals surface area contributed by atoms with Gasteiger partial charge in [-0.1, -0.05) is 32.3 Å². The molecule has 3 fully saturated rings. The molecule has 2 N–H and O–H groups in total. The van der Waals surface area contributed by atoms with Crippen LogP contribution in [0.3, 0.4) is 0 Å². The summed E-state index contributed by atoms with van der Waals surface area (Å²) in [5.41, 5.74) is -3.49. The van der Waals surface area contributed by atoms with Crippen molar-refractivity contribution in [3.05, 3.63) is 11.6 Å². The van der Waals surface area contributed by atoms with Gasteiger partial charge in [0.1, 0.15) is 0 Å². The predicted octanol–water partition coefficient (Wildman–Crippen LogP) is 7.05. The molecule has 3 saturated carbocycles. The van der Waals surface area contributed by atoms with Crippen molar-refractivity contribution in [1.29, 1.82) is 0 Å². The summed E-state index contributed by atoms with van der Waals surface area (Å²) in [7, 11) is 0. The van der Waals surface area contributed by atoms with Crippen molar-refractivity contribution in [2.75, 3.05) is 0 Å². The lowest BCUT2D eigenvalue weighted by molar-refractivity contribution is -0.256. The molecule has 184 valence electrons. The van der Waals surface area contributed by atoms with Gasteiger partial charge in [0, 0.05) is 4.11 Å². The monoisotopic (exact) mass is 459 g/mol. The molecule has 0 heterocycles. The van der Waals surface area contributed by atoms with Crippen LogP contribution in [0.4, 0.5) is 13.2 Å². The highest BCUT2D eigenvalue weighted by Gasteiger charge is 2.60. The number of rotatable bonds is 4. The Bertz CT molecular complexity index is 850. The minimum absolute atomic E-state index is 0.0217. The molecule has 32 heavy (non-hydrogen) atoms. The van der Waals surface area contributed by atoms with Crippen molar-refractivity contribution in [3.8, 4) is 0 Å². The average molecular weight is 460 g/mol. The van der Waals surface area contributed by atoms with Crippen LogP contribution in [0.2, 0.25) is 0 Å². The highest BCUT2D eigenvalue weighted by molar-refractivity contribution is 5.26. The van der Waals surface area contributed by atoms with Crippen molar-refractivity contribution in [2.24, 2.45) is 40.4 Å². The topological polar surface area (TPSA) is 40.5 Å². The standard InChI is InChI=1S/C27H43F3O2/c1-17(10-13-26(5,32)27(28,29)30)20-8-9-21-19-7-6-18-16-23(2,31)14-15-24(18,3)22(19)11-12-25(20,21)4/h6,17,19-22,31-32H,7-16H2,1-5H3/t17-,19?,20-,21?,22?,23+,24+,25-,26+/m1/s1/i3D3. The van der Waals surface area contributed by atoms with Gasteiger partial charge < -0.3 is 10.2 Å². The Kier molecular flexibility index (Phi) is 5.02. The van der Waals surface area contributed by atoms with Gasteiger partial charge in [-0.25, -0.2) is 0 Å². The summed E-state index contributed by atoms with van der Waals surface area (Å²) < 4.78 is 65.4. The van der Waals surface area contributed by atoms with Gasteiger partial charge in [0.05, 0.1) is 5.60 Å². The number of allylic oxidation sites excluding steroid dienone is 1. The second-order valence-electron chi connectivity index (χ2n) is 12.5. The zero-order valence-electron chi connectivity index (χ0n) is 23.1. The molecule has 0 bridgehead atoms. The Morgan fingerprint density at radius 2 is 1.88 bits per heavy atom. The van der Waals surface area contributed by atoms with Crippen LogP contribution in [0.25, 0.3) is 0 Å². The van der Waals surface area contributed by atoms with E-state index in [2.05, 4.69) is 13.0 Å². The molecular formula is C27H43F3O2. The molecular weight excluding hydrogens is 413 g/mol. The van der Waals surface area contributed by atoms with Gasteiger partial charge in [-0.15, -0.1) is 0 Å². The van der Waals surface area contributed by atoms with Gasteiger partial charge in [-0.05, 0) is 118 Å². The second-order valence-corrected chi connectivity index (χ2v) is 12.5. The van der Waals surface area contributed by atoms with Crippen LogP contribution in [0.5, 0.6) is 0 Å². The third-order valence-corrected chi connectivity index (χ3v) is 10.4. The smallest absolute Gasteiger partial charge is 0.390 e. The van der Waals surface area contributed by atoms with Crippen molar-refractivity contribution in [2.45, 2.75) is 116 Å². The van der Waals surface area contributed by atoms with E-state index >= 15 is 0 Å². The first-order valence-electron chi connectivity index (χ1n) is 14.1. The minimum Gasteiger partial charge on any atom is -0.390 e. The minimum atomic E-state index is -4.63.